The van der Waals surface area contributed by atoms with Crippen molar-refractivity contribution in [1.82, 2.24) is 5.32 Å². The van der Waals surface area contributed by atoms with E-state index >= 15 is 0 Å². The Morgan fingerprint density at radius 3 is 2.27 bits per heavy atom. The number of halogens is 1. The molecule has 0 aliphatic heterocycles. The Labute approximate surface area is 157 Å². The molecular weight excluding hydrogens is 378 g/mol. The first-order valence-corrected chi connectivity index (χ1v) is 9.78. The molecule has 0 radical (unpaired) electrons. The van der Waals surface area contributed by atoms with E-state index < -0.39 is 27.8 Å². The molecule has 0 saturated carbocycles. The monoisotopic (exact) mass is 395 g/mol. The van der Waals surface area contributed by atoms with Crippen molar-refractivity contribution >= 4 is 33.3 Å². The lowest BCUT2D eigenvalue weighted by atomic mass is 10.1. The first kappa shape index (κ1) is 19.9. The molecule has 0 aliphatic rings. The van der Waals surface area contributed by atoms with E-state index in [2.05, 4.69) is 10.1 Å². The van der Waals surface area contributed by atoms with Crippen molar-refractivity contribution < 1.29 is 22.7 Å². The molecule has 0 heterocycles. The lowest BCUT2D eigenvalue weighted by Gasteiger charge is -2.16. The number of sulfone groups is 1. The molecule has 0 spiro atoms. The standard InChI is InChI=1S/C18H18ClNO5S/c1-25-18(22)16(20-17(21)13-7-9-14(19)10-8-13)11-12-26(23,24)15-5-3-2-4-6-15/h2-10,16H,11-12H2,1H3,(H,20,21)/t16-/m1/s1. The quantitative estimate of drug-likeness (QED) is 0.727. The van der Waals surface area contributed by atoms with Gasteiger partial charge in [0.25, 0.3) is 5.91 Å². The molecule has 0 aromatic heterocycles. The molecule has 1 N–H and O–H groups in total. The van der Waals surface area contributed by atoms with Crippen LogP contribution in [0.5, 0.6) is 0 Å². The van der Waals surface area contributed by atoms with Crippen molar-refractivity contribution in [3.8, 4) is 0 Å². The Hall–Kier alpha value is -2.38. The van der Waals surface area contributed by atoms with Crippen LogP contribution in [0.2, 0.25) is 5.02 Å². The van der Waals surface area contributed by atoms with Gasteiger partial charge in [-0.25, -0.2) is 13.2 Å². The fourth-order valence-corrected chi connectivity index (χ4v) is 3.73. The summed E-state index contributed by atoms with van der Waals surface area (Å²) in [6, 6.07) is 12.9. The topological polar surface area (TPSA) is 89.5 Å². The minimum absolute atomic E-state index is 0.108. The van der Waals surface area contributed by atoms with Crippen LogP contribution in [0.3, 0.4) is 0 Å². The largest absolute Gasteiger partial charge is 0.467 e. The number of benzene rings is 2. The molecule has 0 unspecified atom stereocenters. The average Bonchev–Trinajstić information content (AvgIpc) is 2.65. The molecule has 138 valence electrons. The van der Waals surface area contributed by atoms with Crippen molar-refractivity contribution in [3.05, 3.63) is 65.2 Å². The summed E-state index contributed by atoms with van der Waals surface area (Å²) in [7, 11) is -2.40. The number of amides is 1. The van der Waals surface area contributed by atoms with E-state index in [1.54, 1.807) is 30.3 Å². The van der Waals surface area contributed by atoms with Gasteiger partial charge in [0.15, 0.2) is 9.84 Å². The van der Waals surface area contributed by atoms with Gasteiger partial charge >= 0.3 is 5.97 Å². The van der Waals surface area contributed by atoms with Gasteiger partial charge in [-0.2, -0.15) is 0 Å². The molecule has 26 heavy (non-hydrogen) atoms. The predicted octanol–water partition coefficient (Wildman–Crippen LogP) is 2.48. The zero-order valence-electron chi connectivity index (χ0n) is 14.0. The molecule has 0 aliphatic carbocycles. The van der Waals surface area contributed by atoms with Gasteiger partial charge in [0.05, 0.1) is 17.8 Å². The fourth-order valence-electron chi connectivity index (χ4n) is 2.25. The summed E-state index contributed by atoms with van der Waals surface area (Å²) in [5.41, 5.74) is 0.300. The van der Waals surface area contributed by atoms with Crippen LogP contribution in [-0.4, -0.2) is 39.2 Å². The second kappa shape index (κ2) is 8.82. The lowest BCUT2D eigenvalue weighted by molar-refractivity contribution is -0.142. The maximum absolute atomic E-state index is 12.4. The summed E-state index contributed by atoms with van der Waals surface area (Å²) in [5, 5.41) is 2.98. The van der Waals surface area contributed by atoms with Gasteiger partial charge in [-0.3, -0.25) is 4.79 Å². The lowest BCUT2D eigenvalue weighted by Crippen LogP contribution is -2.42. The predicted molar refractivity (Wildman–Crippen MR) is 97.8 cm³/mol. The summed E-state index contributed by atoms with van der Waals surface area (Å²) in [4.78, 5) is 24.4. The van der Waals surface area contributed by atoms with Crippen molar-refractivity contribution in [1.29, 1.82) is 0 Å². The second-order valence-electron chi connectivity index (χ2n) is 5.48. The summed E-state index contributed by atoms with van der Waals surface area (Å²) in [6.45, 7) is 0. The first-order chi connectivity index (χ1) is 12.3. The molecule has 0 bridgehead atoms. The molecule has 2 aromatic rings. The first-order valence-electron chi connectivity index (χ1n) is 7.75. The number of ether oxygens (including phenoxy) is 1. The number of hydrogen-bond donors (Lipinski definition) is 1. The highest BCUT2D eigenvalue weighted by atomic mass is 35.5. The highest BCUT2D eigenvalue weighted by Crippen LogP contribution is 2.13. The number of rotatable bonds is 7. The van der Waals surface area contributed by atoms with Crippen LogP contribution in [0.15, 0.2) is 59.5 Å². The van der Waals surface area contributed by atoms with Crippen LogP contribution in [0.1, 0.15) is 16.8 Å². The third kappa shape index (κ3) is 5.31. The van der Waals surface area contributed by atoms with Gasteiger partial charge in [-0.05, 0) is 42.8 Å². The van der Waals surface area contributed by atoms with E-state index in [1.165, 1.54) is 31.4 Å². The summed E-state index contributed by atoms with van der Waals surface area (Å²) >= 11 is 5.78. The van der Waals surface area contributed by atoms with Crippen molar-refractivity contribution in [3.63, 3.8) is 0 Å². The van der Waals surface area contributed by atoms with Crippen molar-refractivity contribution in [2.75, 3.05) is 12.9 Å². The molecule has 0 saturated heterocycles. The molecule has 6 nitrogen and oxygen atoms in total. The minimum atomic E-state index is -3.58. The van der Waals surface area contributed by atoms with Crippen LogP contribution in [0, 0.1) is 0 Å². The van der Waals surface area contributed by atoms with Crippen molar-refractivity contribution in [2.45, 2.75) is 17.4 Å². The van der Waals surface area contributed by atoms with Crippen molar-refractivity contribution in [2.24, 2.45) is 0 Å². The maximum Gasteiger partial charge on any atom is 0.328 e. The van der Waals surface area contributed by atoms with Crippen LogP contribution >= 0.6 is 11.6 Å². The van der Waals surface area contributed by atoms with Crippen LogP contribution in [0.25, 0.3) is 0 Å². The number of hydrogen-bond acceptors (Lipinski definition) is 5. The fraction of sp³-hybridized carbons (Fsp3) is 0.222. The molecule has 2 aromatic carbocycles. The number of carbonyl (C=O) groups is 2. The number of carbonyl (C=O) groups excluding carboxylic acids is 2. The number of methoxy groups -OCH3 is 1. The Morgan fingerprint density at radius 2 is 1.69 bits per heavy atom. The molecular formula is C18H18ClNO5S. The maximum atomic E-state index is 12.4. The third-order valence-corrected chi connectivity index (χ3v) is 5.69. The van der Waals surface area contributed by atoms with Gasteiger partial charge < -0.3 is 10.1 Å². The van der Waals surface area contributed by atoms with E-state index in [1.807, 2.05) is 0 Å². The highest BCUT2D eigenvalue weighted by molar-refractivity contribution is 7.91. The third-order valence-electron chi connectivity index (χ3n) is 3.68. The Kier molecular flexibility index (Phi) is 6.76. The summed E-state index contributed by atoms with van der Waals surface area (Å²) in [5.74, 6) is -1.54. The van der Waals surface area contributed by atoms with Gasteiger partial charge in [0, 0.05) is 10.6 Å². The summed E-state index contributed by atoms with van der Waals surface area (Å²) < 4.78 is 29.4. The molecule has 0 fully saturated rings. The molecule has 8 heteroatoms. The highest BCUT2D eigenvalue weighted by Gasteiger charge is 2.25. The molecule has 1 amide bonds. The molecule has 2 rings (SSSR count). The zero-order valence-corrected chi connectivity index (χ0v) is 15.6. The molecule has 1 atom stereocenters. The van der Waals surface area contributed by atoms with Gasteiger partial charge in [0.1, 0.15) is 6.04 Å². The normalized spacial score (nSPS) is 12.2. The number of esters is 1. The van der Waals surface area contributed by atoms with Gasteiger partial charge in [0.2, 0.25) is 0 Å². The Balaban J connectivity index is 2.09. The Bertz CT molecular complexity index is 866. The number of nitrogens with one attached hydrogen (secondary N) is 1. The zero-order chi connectivity index (χ0) is 19.2. The van der Waals surface area contributed by atoms with Crippen LogP contribution in [0.4, 0.5) is 0 Å². The second-order valence-corrected chi connectivity index (χ2v) is 8.02. The van der Waals surface area contributed by atoms with E-state index in [4.69, 9.17) is 11.6 Å². The average molecular weight is 396 g/mol. The van der Waals surface area contributed by atoms with E-state index in [9.17, 15) is 18.0 Å². The smallest absolute Gasteiger partial charge is 0.328 e. The van der Waals surface area contributed by atoms with E-state index in [0.717, 1.165) is 0 Å². The van der Waals surface area contributed by atoms with E-state index in [-0.39, 0.29) is 17.1 Å². The SMILES string of the molecule is COC(=O)[C@@H](CCS(=O)(=O)c1ccccc1)NC(=O)c1ccc(Cl)cc1. The van der Waals surface area contributed by atoms with Gasteiger partial charge in [-0.1, -0.05) is 29.8 Å². The van der Waals surface area contributed by atoms with Gasteiger partial charge in [-0.15, -0.1) is 0 Å². The Morgan fingerprint density at radius 1 is 1.08 bits per heavy atom. The van der Waals surface area contributed by atoms with Crippen LogP contribution in [-0.2, 0) is 19.4 Å². The van der Waals surface area contributed by atoms with E-state index in [0.29, 0.717) is 10.6 Å². The summed E-state index contributed by atoms with van der Waals surface area (Å²) in [6.07, 6.45) is -0.108. The van der Waals surface area contributed by atoms with Crippen LogP contribution < -0.4 is 5.32 Å². The minimum Gasteiger partial charge on any atom is -0.467 e.